The van der Waals surface area contributed by atoms with Crippen molar-refractivity contribution in [3.05, 3.63) is 126 Å². The van der Waals surface area contributed by atoms with E-state index in [-0.39, 0.29) is 0 Å². The fraction of sp³-hybridized carbons (Fsp3) is 0.143. The van der Waals surface area contributed by atoms with Gasteiger partial charge in [0.15, 0.2) is 0 Å². The van der Waals surface area contributed by atoms with Gasteiger partial charge in [-0.2, -0.15) is 0 Å². The van der Waals surface area contributed by atoms with Crippen molar-refractivity contribution in [2.75, 3.05) is 4.90 Å². The van der Waals surface area contributed by atoms with Gasteiger partial charge < -0.3 is 4.90 Å². The summed E-state index contributed by atoms with van der Waals surface area (Å²) in [5, 5.41) is 8.78. The van der Waals surface area contributed by atoms with E-state index in [4.69, 9.17) is 0 Å². The quantitative estimate of drug-likeness (QED) is 0.223. The van der Waals surface area contributed by atoms with Crippen LogP contribution in [0, 0.1) is 13.8 Å². The summed E-state index contributed by atoms with van der Waals surface area (Å²) in [5.74, 6) is 0.461. The number of nitrogens with zero attached hydrogens (tertiary/aromatic N) is 1. The summed E-state index contributed by atoms with van der Waals surface area (Å²) >= 11 is 0. The van der Waals surface area contributed by atoms with Gasteiger partial charge in [0.1, 0.15) is 0 Å². The SMILES string of the molecule is Cc1ccc2c(c1)P(c1ccccc1)c1cc(C(C)C)cc3c1N2c1ccc(C)cc1P3c1ccccc1. The third-order valence-corrected chi connectivity index (χ3v) is 12.7. The van der Waals surface area contributed by atoms with Crippen molar-refractivity contribution in [2.45, 2.75) is 33.6 Å². The molecule has 0 radical (unpaired) electrons. The predicted molar refractivity (Wildman–Crippen MR) is 169 cm³/mol. The summed E-state index contributed by atoms with van der Waals surface area (Å²) in [6.07, 6.45) is 0. The van der Waals surface area contributed by atoms with Crippen LogP contribution in [-0.2, 0) is 0 Å². The highest BCUT2D eigenvalue weighted by Gasteiger charge is 2.41. The summed E-state index contributed by atoms with van der Waals surface area (Å²) in [6.45, 7) is 9.13. The Balaban J connectivity index is 1.63. The highest BCUT2D eigenvalue weighted by atomic mass is 31.1. The second-order valence-corrected chi connectivity index (χ2v) is 15.0. The normalized spacial score (nSPS) is 17.1. The van der Waals surface area contributed by atoms with E-state index in [1.165, 1.54) is 65.6 Å². The third-order valence-electron chi connectivity index (χ3n) is 7.72. The Bertz CT molecular complexity index is 1560. The maximum Gasteiger partial charge on any atom is 0.0629 e. The molecule has 0 fully saturated rings. The molecule has 0 saturated carbocycles. The molecule has 2 unspecified atom stereocenters. The molecule has 1 nitrogen and oxygen atoms in total. The molecular weight excluding hydrogens is 496 g/mol. The van der Waals surface area contributed by atoms with Gasteiger partial charge >= 0.3 is 0 Å². The van der Waals surface area contributed by atoms with Crippen LogP contribution in [0.3, 0.4) is 0 Å². The van der Waals surface area contributed by atoms with Gasteiger partial charge in [-0.3, -0.25) is 0 Å². The summed E-state index contributed by atoms with van der Waals surface area (Å²) in [7, 11) is -1.37. The van der Waals surface area contributed by atoms with Crippen LogP contribution in [0.1, 0.15) is 36.5 Å². The molecule has 3 heteroatoms. The Morgan fingerprint density at radius 1 is 0.526 bits per heavy atom. The van der Waals surface area contributed by atoms with Crippen molar-refractivity contribution < 1.29 is 0 Å². The first-order valence-corrected chi connectivity index (χ1v) is 16.1. The Kier molecular flexibility index (Phi) is 5.77. The number of fused-ring (bicyclic) bond motifs is 4. The molecule has 2 atom stereocenters. The van der Waals surface area contributed by atoms with Crippen LogP contribution in [0.2, 0.25) is 0 Å². The molecule has 7 rings (SSSR count). The van der Waals surface area contributed by atoms with Crippen LogP contribution in [0.4, 0.5) is 17.1 Å². The Morgan fingerprint density at radius 3 is 1.39 bits per heavy atom. The highest BCUT2D eigenvalue weighted by Crippen LogP contribution is 2.55. The molecule has 0 N–H and O–H groups in total. The van der Waals surface area contributed by atoms with E-state index in [2.05, 4.69) is 142 Å². The number of rotatable bonds is 3. The lowest BCUT2D eigenvalue weighted by Gasteiger charge is -2.45. The van der Waals surface area contributed by atoms with Crippen LogP contribution in [0.5, 0.6) is 0 Å². The number of hydrogen-bond acceptors (Lipinski definition) is 1. The fourth-order valence-electron chi connectivity index (χ4n) is 5.87. The smallest absolute Gasteiger partial charge is 0.0629 e. The molecule has 0 aliphatic carbocycles. The maximum absolute atomic E-state index is 2.60. The minimum Gasteiger partial charge on any atom is -0.308 e. The lowest BCUT2D eigenvalue weighted by atomic mass is 10.0. The number of hydrogen-bond donors (Lipinski definition) is 0. The molecule has 0 saturated heterocycles. The van der Waals surface area contributed by atoms with Crippen molar-refractivity contribution in [3.8, 4) is 0 Å². The van der Waals surface area contributed by atoms with Crippen LogP contribution >= 0.6 is 15.8 Å². The molecule has 2 aliphatic heterocycles. The first-order valence-electron chi connectivity index (χ1n) is 13.4. The van der Waals surface area contributed by atoms with Crippen molar-refractivity contribution in [1.82, 2.24) is 0 Å². The van der Waals surface area contributed by atoms with E-state index < -0.39 is 15.8 Å². The van der Waals surface area contributed by atoms with Gasteiger partial charge in [0.2, 0.25) is 0 Å². The van der Waals surface area contributed by atoms with Crippen molar-refractivity contribution in [1.29, 1.82) is 0 Å². The molecule has 186 valence electrons. The van der Waals surface area contributed by atoms with Crippen LogP contribution in [0.25, 0.3) is 0 Å². The zero-order chi connectivity index (χ0) is 26.0. The first-order chi connectivity index (χ1) is 18.5. The minimum atomic E-state index is -0.685. The molecule has 2 aliphatic rings. The fourth-order valence-corrected chi connectivity index (χ4v) is 11.4. The van der Waals surface area contributed by atoms with Crippen LogP contribution < -0.4 is 36.7 Å². The molecule has 38 heavy (non-hydrogen) atoms. The zero-order valence-corrected chi connectivity index (χ0v) is 24.1. The van der Waals surface area contributed by atoms with E-state index in [0.29, 0.717) is 5.92 Å². The van der Waals surface area contributed by atoms with Crippen molar-refractivity contribution >= 4 is 64.7 Å². The largest absolute Gasteiger partial charge is 0.308 e. The first kappa shape index (κ1) is 23.8. The van der Waals surface area contributed by atoms with Gasteiger partial charge in [0, 0.05) is 21.2 Å². The van der Waals surface area contributed by atoms with Gasteiger partial charge in [0.25, 0.3) is 0 Å². The average molecular weight is 528 g/mol. The molecule has 2 heterocycles. The number of benzene rings is 5. The second-order valence-electron chi connectivity index (χ2n) is 10.7. The number of aryl methyl sites for hydroxylation is 2. The molecule has 0 spiro atoms. The molecule has 0 amide bonds. The average Bonchev–Trinajstić information content (AvgIpc) is 2.93. The highest BCUT2D eigenvalue weighted by molar-refractivity contribution is 7.82. The van der Waals surface area contributed by atoms with Gasteiger partial charge in [-0.05, 0) is 88.2 Å². The van der Waals surface area contributed by atoms with Gasteiger partial charge in [-0.1, -0.05) is 97.8 Å². The summed E-state index contributed by atoms with van der Waals surface area (Å²) in [5.41, 5.74) is 8.19. The van der Waals surface area contributed by atoms with Crippen molar-refractivity contribution in [3.63, 3.8) is 0 Å². The summed E-state index contributed by atoms with van der Waals surface area (Å²) in [4.78, 5) is 2.60. The Hall–Kier alpha value is -3.24. The second kappa shape index (κ2) is 9.20. The molecule has 5 aromatic carbocycles. The predicted octanol–water partition coefficient (Wildman–Crippen LogP) is 7.04. The maximum atomic E-state index is 2.60. The summed E-state index contributed by atoms with van der Waals surface area (Å²) in [6, 6.07) is 41.7. The summed E-state index contributed by atoms with van der Waals surface area (Å²) < 4.78 is 0. The number of anilines is 3. The van der Waals surface area contributed by atoms with E-state index >= 15 is 0 Å². The monoisotopic (exact) mass is 527 g/mol. The Morgan fingerprint density at radius 2 is 0.974 bits per heavy atom. The van der Waals surface area contributed by atoms with Gasteiger partial charge in [-0.25, -0.2) is 0 Å². The molecule has 0 aromatic heterocycles. The van der Waals surface area contributed by atoms with Crippen LogP contribution in [0.15, 0.2) is 109 Å². The lowest BCUT2D eigenvalue weighted by molar-refractivity contribution is 0.869. The zero-order valence-electron chi connectivity index (χ0n) is 22.3. The van der Waals surface area contributed by atoms with Crippen LogP contribution in [-0.4, -0.2) is 0 Å². The Labute approximate surface area is 228 Å². The topological polar surface area (TPSA) is 3.24 Å². The van der Waals surface area contributed by atoms with Crippen molar-refractivity contribution in [2.24, 2.45) is 0 Å². The standard InChI is InChI=1S/C35H31NP2/c1-23(2)26-21-33-35-34(22-26)38(28-13-9-6-10-14-28)32-20-25(4)16-18-30(32)36(35)29-17-15-24(3)19-31(29)37(33)27-11-7-5-8-12-27/h5-23H,1-4H3. The minimum absolute atomic E-state index is 0.461. The van der Waals surface area contributed by atoms with E-state index in [1.807, 2.05) is 0 Å². The van der Waals surface area contributed by atoms with Gasteiger partial charge in [0.05, 0.1) is 17.1 Å². The molecular formula is C35H31NP2. The van der Waals surface area contributed by atoms with E-state index in [0.717, 1.165) is 0 Å². The van der Waals surface area contributed by atoms with Gasteiger partial charge in [-0.15, -0.1) is 0 Å². The molecule has 5 aromatic rings. The lowest BCUT2D eigenvalue weighted by Crippen LogP contribution is -2.43. The van der Waals surface area contributed by atoms with E-state index in [9.17, 15) is 0 Å². The third kappa shape index (κ3) is 3.68. The molecule has 0 bridgehead atoms. The van der Waals surface area contributed by atoms with E-state index in [1.54, 1.807) is 0 Å².